The average Bonchev–Trinajstić information content (AvgIpc) is 2.59. The van der Waals surface area contributed by atoms with Gasteiger partial charge in [0.05, 0.1) is 16.7 Å². The van der Waals surface area contributed by atoms with E-state index in [2.05, 4.69) is 0 Å². The van der Waals surface area contributed by atoms with Crippen molar-refractivity contribution < 1.29 is 41.0 Å². The maximum Gasteiger partial charge on any atom is 0.417 e. The molecule has 2 aromatic carbocycles. The van der Waals surface area contributed by atoms with E-state index in [-0.39, 0.29) is 5.56 Å². The number of hydrogen-bond acceptors (Lipinski definition) is 2. The maximum absolute atomic E-state index is 13.0. The fourth-order valence-electron chi connectivity index (χ4n) is 2.47. The van der Waals surface area contributed by atoms with Gasteiger partial charge in [-0.15, -0.1) is 0 Å². The van der Waals surface area contributed by atoms with Gasteiger partial charge in [0, 0.05) is 6.42 Å². The predicted molar refractivity (Wildman–Crippen MR) is 85.5 cm³/mol. The van der Waals surface area contributed by atoms with Gasteiger partial charge in [-0.2, -0.15) is 26.3 Å². The Morgan fingerprint density at radius 1 is 0.929 bits per heavy atom. The standard InChI is InChI=1S/C18H13F6NO3/c19-17(20,21)11-5-3-4-10(8-11)9-14(16(27)28)25-15(26)12-6-1-2-7-13(12)18(22,23)24/h1-8,14H,9H2,(H,25,26)(H,27,28)/t14-/m1/s1. The lowest BCUT2D eigenvalue weighted by atomic mass is 10.0. The number of benzene rings is 2. The highest BCUT2D eigenvalue weighted by molar-refractivity contribution is 5.98. The number of aliphatic carboxylic acids is 1. The quantitative estimate of drug-likeness (QED) is 0.735. The van der Waals surface area contributed by atoms with Crippen LogP contribution in [0.5, 0.6) is 0 Å². The lowest BCUT2D eigenvalue weighted by Gasteiger charge is -2.17. The van der Waals surface area contributed by atoms with Crippen LogP contribution in [0.3, 0.4) is 0 Å². The summed E-state index contributed by atoms with van der Waals surface area (Å²) in [5.74, 6) is -2.90. The minimum atomic E-state index is -4.84. The topological polar surface area (TPSA) is 66.4 Å². The number of nitrogens with one attached hydrogen (secondary N) is 1. The molecule has 0 fully saturated rings. The summed E-state index contributed by atoms with van der Waals surface area (Å²) in [6.45, 7) is 0. The third-order valence-electron chi connectivity index (χ3n) is 3.77. The Morgan fingerprint density at radius 2 is 1.57 bits per heavy atom. The fourth-order valence-corrected chi connectivity index (χ4v) is 2.47. The van der Waals surface area contributed by atoms with Crippen molar-refractivity contribution in [2.24, 2.45) is 0 Å². The number of halogens is 6. The monoisotopic (exact) mass is 405 g/mol. The summed E-state index contributed by atoms with van der Waals surface area (Å²) in [5.41, 5.74) is -3.10. The highest BCUT2D eigenvalue weighted by atomic mass is 19.4. The lowest BCUT2D eigenvalue weighted by Crippen LogP contribution is -2.42. The molecule has 1 amide bonds. The third kappa shape index (κ3) is 5.24. The SMILES string of the molecule is O=C(N[C@H](Cc1cccc(C(F)(F)F)c1)C(=O)O)c1ccccc1C(F)(F)F. The molecule has 2 aromatic rings. The van der Waals surface area contributed by atoms with Crippen molar-refractivity contribution in [3.63, 3.8) is 0 Å². The Labute approximate surface area is 154 Å². The molecule has 0 radical (unpaired) electrons. The van der Waals surface area contributed by atoms with E-state index in [0.29, 0.717) is 12.1 Å². The van der Waals surface area contributed by atoms with Crippen molar-refractivity contribution in [1.29, 1.82) is 0 Å². The van der Waals surface area contributed by atoms with Crippen molar-refractivity contribution in [1.82, 2.24) is 5.32 Å². The van der Waals surface area contributed by atoms with E-state index in [1.54, 1.807) is 0 Å². The Bertz CT molecular complexity index is 876. The normalized spacial score (nSPS) is 13.1. The van der Waals surface area contributed by atoms with E-state index >= 15 is 0 Å². The number of carbonyl (C=O) groups is 2. The van der Waals surface area contributed by atoms with Crippen molar-refractivity contribution in [3.8, 4) is 0 Å². The zero-order valence-corrected chi connectivity index (χ0v) is 13.9. The molecule has 0 saturated heterocycles. The average molecular weight is 405 g/mol. The van der Waals surface area contributed by atoms with E-state index in [1.807, 2.05) is 5.32 Å². The van der Waals surface area contributed by atoms with Gasteiger partial charge in [-0.3, -0.25) is 4.79 Å². The minimum absolute atomic E-state index is 0.0494. The molecule has 0 unspecified atom stereocenters. The second-order valence-electron chi connectivity index (χ2n) is 5.81. The van der Waals surface area contributed by atoms with E-state index in [4.69, 9.17) is 0 Å². The summed E-state index contributed by atoms with van der Waals surface area (Å²) in [4.78, 5) is 23.6. The molecule has 150 valence electrons. The molecule has 0 aliphatic rings. The predicted octanol–water partition coefficient (Wildman–Crippen LogP) is 4.15. The van der Waals surface area contributed by atoms with Crippen LogP contribution in [0.4, 0.5) is 26.3 Å². The van der Waals surface area contributed by atoms with Crippen molar-refractivity contribution in [2.75, 3.05) is 0 Å². The van der Waals surface area contributed by atoms with E-state index in [0.717, 1.165) is 24.3 Å². The molecule has 1 atom stereocenters. The zero-order chi connectivity index (χ0) is 21.1. The van der Waals surface area contributed by atoms with Crippen LogP contribution in [0.25, 0.3) is 0 Å². The summed E-state index contributed by atoms with van der Waals surface area (Å²) >= 11 is 0. The van der Waals surface area contributed by atoms with Crippen LogP contribution in [-0.4, -0.2) is 23.0 Å². The van der Waals surface area contributed by atoms with Crippen molar-refractivity contribution in [3.05, 3.63) is 70.8 Å². The molecule has 0 aromatic heterocycles. The molecule has 4 nitrogen and oxygen atoms in total. The van der Waals surface area contributed by atoms with Crippen molar-refractivity contribution in [2.45, 2.75) is 24.8 Å². The first kappa shape index (κ1) is 21.3. The summed E-state index contributed by atoms with van der Waals surface area (Å²) in [6.07, 6.45) is -10.0. The van der Waals surface area contributed by atoms with Crippen LogP contribution in [0.15, 0.2) is 48.5 Å². The van der Waals surface area contributed by atoms with Crippen LogP contribution in [0.2, 0.25) is 0 Å². The van der Waals surface area contributed by atoms with Crippen LogP contribution < -0.4 is 5.32 Å². The van der Waals surface area contributed by atoms with Gasteiger partial charge in [0.15, 0.2) is 0 Å². The van der Waals surface area contributed by atoms with Gasteiger partial charge >= 0.3 is 18.3 Å². The lowest BCUT2D eigenvalue weighted by molar-refractivity contribution is -0.139. The Kier molecular flexibility index (Phi) is 6.01. The zero-order valence-electron chi connectivity index (χ0n) is 13.9. The molecular weight excluding hydrogens is 392 g/mol. The number of rotatable bonds is 5. The maximum atomic E-state index is 13.0. The first-order chi connectivity index (χ1) is 12.9. The number of hydrogen-bond donors (Lipinski definition) is 2. The Balaban J connectivity index is 2.26. The largest absolute Gasteiger partial charge is 0.480 e. The molecule has 28 heavy (non-hydrogen) atoms. The van der Waals surface area contributed by atoms with Gasteiger partial charge in [0.1, 0.15) is 6.04 Å². The van der Waals surface area contributed by atoms with Crippen LogP contribution >= 0.6 is 0 Å². The highest BCUT2D eigenvalue weighted by Crippen LogP contribution is 2.32. The summed E-state index contributed by atoms with van der Waals surface area (Å²) in [6, 6.07) is 5.85. The minimum Gasteiger partial charge on any atom is -0.480 e. The second-order valence-corrected chi connectivity index (χ2v) is 5.81. The molecule has 10 heteroatoms. The molecule has 0 heterocycles. The van der Waals surface area contributed by atoms with Gasteiger partial charge in [0.2, 0.25) is 0 Å². The smallest absolute Gasteiger partial charge is 0.417 e. The molecule has 2 N–H and O–H groups in total. The fraction of sp³-hybridized carbons (Fsp3) is 0.222. The van der Waals surface area contributed by atoms with Gasteiger partial charge in [-0.25, -0.2) is 4.79 Å². The molecule has 0 bridgehead atoms. The highest BCUT2D eigenvalue weighted by Gasteiger charge is 2.36. The number of carboxylic acids is 1. The summed E-state index contributed by atoms with van der Waals surface area (Å²) < 4.78 is 77.3. The summed E-state index contributed by atoms with van der Waals surface area (Å²) in [5, 5.41) is 11.2. The molecule has 0 saturated carbocycles. The number of carboxylic acid groups (broad SMARTS) is 1. The van der Waals surface area contributed by atoms with E-state index in [1.165, 1.54) is 12.1 Å². The van der Waals surface area contributed by atoms with E-state index < -0.39 is 53.4 Å². The number of carbonyl (C=O) groups excluding carboxylic acids is 1. The van der Waals surface area contributed by atoms with Crippen LogP contribution in [0.1, 0.15) is 27.0 Å². The Morgan fingerprint density at radius 3 is 2.14 bits per heavy atom. The van der Waals surface area contributed by atoms with Gasteiger partial charge in [-0.05, 0) is 23.8 Å². The van der Waals surface area contributed by atoms with E-state index in [9.17, 15) is 41.0 Å². The van der Waals surface area contributed by atoms with Gasteiger partial charge in [0.25, 0.3) is 5.91 Å². The molecule has 0 aliphatic carbocycles. The number of amides is 1. The Hall–Kier alpha value is -3.04. The molecule has 0 spiro atoms. The molecule has 2 rings (SSSR count). The first-order valence-corrected chi connectivity index (χ1v) is 7.75. The van der Waals surface area contributed by atoms with Crippen LogP contribution in [-0.2, 0) is 23.6 Å². The van der Waals surface area contributed by atoms with Crippen LogP contribution in [0, 0.1) is 0 Å². The van der Waals surface area contributed by atoms with Gasteiger partial charge in [-0.1, -0.05) is 30.3 Å². The first-order valence-electron chi connectivity index (χ1n) is 7.75. The second kappa shape index (κ2) is 7.91. The van der Waals surface area contributed by atoms with Gasteiger partial charge < -0.3 is 10.4 Å². The number of alkyl halides is 6. The van der Waals surface area contributed by atoms with Crippen molar-refractivity contribution >= 4 is 11.9 Å². The molecule has 0 aliphatic heterocycles. The third-order valence-corrected chi connectivity index (χ3v) is 3.77. The summed E-state index contributed by atoms with van der Waals surface area (Å²) in [7, 11) is 0. The molecular formula is C18H13F6NO3.